The maximum Gasteiger partial charge on any atom is 0.127 e. The first-order valence-corrected chi connectivity index (χ1v) is 4.61. The van der Waals surface area contributed by atoms with Crippen LogP contribution in [0.25, 0.3) is 0 Å². The molecule has 13 heavy (non-hydrogen) atoms. The summed E-state index contributed by atoms with van der Waals surface area (Å²) in [5.74, 6) is 0.952. The number of pyridine rings is 1. The molecule has 0 unspecified atom stereocenters. The molecule has 1 heterocycles. The van der Waals surface area contributed by atoms with E-state index in [-0.39, 0.29) is 0 Å². The molecule has 0 bridgehead atoms. The van der Waals surface area contributed by atoms with Crippen molar-refractivity contribution in [2.75, 3.05) is 30.9 Å². The number of anilines is 2. The van der Waals surface area contributed by atoms with Crippen molar-refractivity contribution in [3.63, 3.8) is 0 Å². The smallest absolute Gasteiger partial charge is 0.127 e. The van der Waals surface area contributed by atoms with E-state index < -0.39 is 0 Å². The van der Waals surface area contributed by atoms with E-state index in [2.05, 4.69) is 28.2 Å². The van der Waals surface area contributed by atoms with Gasteiger partial charge in [0.1, 0.15) is 5.82 Å². The summed E-state index contributed by atoms with van der Waals surface area (Å²) >= 11 is 0. The molecule has 0 aromatic carbocycles. The molecule has 0 amide bonds. The Morgan fingerprint density at radius 1 is 1.46 bits per heavy atom. The highest BCUT2D eigenvalue weighted by atomic mass is 15.1. The molecule has 0 aliphatic rings. The van der Waals surface area contributed by atoms with Crippen molar-refractivity contribution in [1.82, 2.24) is 4.98 Å². The predicted octanol–water partition coefficient (Wildman–Crippen LogP) is 1.97. The molecular formula is C10H17N3. The first-order valence-electron chi connectivity index (χ1n) is 4.61. The van der Waals surface area contributed by atoms with Gasteiger partial charge >= 0.3 is 0 Å². The second kappa shape index (κ2) is 4.70. The molecule has 1 aromatic rings. The minimum atomic E-state index is 0.952. The monoisotopic (exact) mass is 179 g/mol. The van der Waals surface area contributed by atoms with E-state index in [4.69, 9.17) is 0 Å². The van der Waals surface area contributed by atoms with E-state index in [1.807, 2.05) is 26.4 Å². The van der Waals surface area contributed by atoms with E-state index in [0.29, 0.717) is 0 Å². The minimum Gasteiger partial charge on any atom is -0.378 e. The number of nitrogens with zero attached hydrogens (tertiary/aromatic N) is 2. The molecule has 0 aliphatic heterocycles. The number of rotatable bonds is 4. The summed E-state index contributed by atoms with van der Waals surface area (Å²) in [7, 11) is 4.05. The summed E-state index contributed by atoms with van der Waals surface area (Å²) in [6.45, 7) is 3.12. The Hall–Kier alpha value is -1.25. The quantitative estimate of drug-likeness (QED) is 0.766. The lowest BCUT2D eigenvalue weighted by molar-refractivity contribution is 0.968. The Balaban J connectivity index is 2.68. The van der Waals surface area contributed by atoms with Crippen LogP contribution in [0.2, 0.25) is 0 Å². The molecule has 0 fully saturated rings. The van der Waals surface area contributed by atoms with E-state index in [1.54, 1.807) is 0 Å². The van der Waals surface area contributed by atoms with Crippen molar-refractivity contribution in [3.8, 4) is 0 Å². The van der Waals surface area contributed by atoms with E-state index >= 15 is 0 Å². The Labute approximate surface area is 79.8 Å². The molecule has 3 nitrogen and oxygen atoms in total. The third-order valence-corrected chi connectivity index (χ3v) is 1.82. The Kier molecular flexibility index (Phi) is 3.55. The highest BCUT2D eigenvalue weighted by Crippen LogP contribution is 2.13. The highest BCUT2D eigenvalue weighted by Gasteiger charge is 1.96. The fraction of sp³-hybridized carbons (Fsp3) is 0.500. The lowest BCUT2D eigenvalue weighted by Crippen LogP contribution is -2.10. The Morgan fingerprint density at radius 3 is 2.85 bits per heavy atom. The average molecular weight is 179 g/mol. The van der Waals surface area contributed by atoms with E-state index in [9.17, 15) is 0 Å². The largest absolute Gasteiger partial charge is 0.378 e. The standard InChI is InChI=1S/C10H17N3/c1-4-6-11-10-8-9(13(2)3)5-7-12-10/h5,7-8H,4,6H2,1-3H3,(H,11,12). The fourth-order valence-corrected chi connectivity index (χ4v) is 1.05. The van der Waals surface area contributed by atoms with Crippen LogP contribution in [0.1, 0.15) is 13.3 Å². The van der Waals surface area contributed by atoms with Crippen molar-refractivity contribution in [2.24, 2.45) is 0 Å². The number of hydrogen-bond donors (Lipinski definition) is 1. The zero-order valence-corrected chi connectivity index (χ0v) is 8.54. The van der Waals surface area contributed by atoms with Gasteiger partial charge in [0.05, 0.1) is 0 Å². The van der Waals surface area contributed by atoms with Crippen LogP contribution in [0.3, 0.4) is 0 Å². The first kappa shape index (κ1) is 9.84. The second-order valence-corrected chi connectivity index (χ2v) is 3.22. The van der Waals surface area contributed by atoms with Crippen LogP contribution < -0.4 is 10.2 Å². The van der Waals surface area contributed by atoms with Crippen molar-refractivity contribution in [1.29, 1.82) is 0 Å². The summed E-state index contributed by atoms with van der Waals surface area (Å²) in [6, 6.07) is 4.05. The summed E-state index contributed by atoms with van der Waals surface area (Å²) < 4.78 is 0. The van der Waals surface area contributed by atoms with Crippen LogP contribution in [-0.2, 0) is 0 Å². The molecule has 0 radical (unpaired) electrons. The van der Waals surface area contributed by atoms with Gasteiger partial charge in [-0.25, -0.2) is 4.98 Å². The van der Waals surface area contributed by atoms with Gasteiger partial charge in [-0.2, -0.15) is 0 Å². The molecule has 0 spiro atoms. The van der Waals surface area contributed by atoms with Crippen LogP contribution in [0.4, 0.5) is 11.5 Å². The molecule has 0 aliphatic carbocycles. The lowest BCUT2D eigenvalue weighted by atomic mass is 10.3. The van der Waals surface area contributed by atoms with Gasteiger partial charge in [0.25, 0.3) is 0 Å². The molecule has 1 aromatic heterocycles. The van der Waals surface area contributed by atoms with Gasteiger partial charge in [-0.15, -0.1) is 0 Å². The molecule has 1 rings (SSSR count). The predicted molar refractivity (Wildman–Crippen MR) is 57.3 cm³/mol. The van der Waals surface area contributed by atoms with Crippen LogP contribution in [0, 0.1) is 0 Å². The Morgan fingerprint density at radius 2 is 2.23 bits per heavy atom. The molecule has 0 saturated carbocycles. The summed E-state index contributed by atoms with van der Waals surface area (Å²) in [5, 5.41) is 3.25. The summed E-state index contributed by atoms with van der Waals surface area (Å²) in [5.41, 5.74) is 1.17. The maximum atomic E-state index is 4.22. The number of hydrogen-bond acceptors (Lipinski definition) is 3. The third-order valence-electron chi connectivity index (χ3n) is 1.82. The number of aromatic nitrogens is 1. The van der Waals surface area contributed by atoms with Crippen molar-refractivity contribution >= 4 is 11.5 Å². The van der Waals surface area contributed by atoms with Gasteiger partial charge in [-0.3, -0.25) is 0 Å². The zero-order valence-electron chi connectivity index (χ0n) is 8.54. The average Bonchev–Trinajstić information content (AvgIpc) is 2.15. The lowest BCUT2D eigenvalue weighted by Gasteiger charge is -2.13. The van der Waals surface area contributed by atoms with E-state index in [0.717, 1.165) is 18.8 Å². The van der Waals surface area contributed by atoms with Gasteiger partial charge in [-0.1, -0.05) is 6.92 Å². The topological polar surface area (TPSA) is 28.2 Å². The summed E-state index contributed by atoms with van der Waals surface area (Å²) in [4.78, 5) is 6.29. The maximum absolute atomic E-state index is 4.22. The van der Waals surface area contributed by atoms with Crippen molar-refractivity contribution in [3.05, 3.63) is 18.3 Å². The zero-order chi connectivity index (χ0) is 9.68. The SMILES string of the molecule is CCCNc1cc(N(C)C)ccn1. The van der Waals surface area contributed by atoms with Crippen LogP contribution in [0.5, 0.6) is 0 Å². The second-order valence-electron chi connectivity index (χ2n) is 3.22. The first-order chi connectivity index (χ1) is 6.24. The van der Waals surface area contributed by atoms with Crippen LogP contribution in [-0.4, -0.2) is 25.6 Å². The Bertz CT molecular complexity index is 258. The van der Waals surface area contributed by atoms with Gasteiger partial charge in [0.15, 0.2) is 0 Å². The molecule has 0 saturated heterocycles. The van der Waals surface area contributed by atoms with Gasteiger partial charge in [0.2, 0.25) is 0 Å². The molecular weight excluding hydrogens is 162 g/mol. The van der Waals surface area contributed by atoms with Gasteiger partial charge in [0, 0.05) is 38.6 Å². The van der Waals surface area contributed by atoms with Crippen LogP contribution >= 0.6 is 0 Å². The van der Waals surface area contributed by atoms with Crippen LogP contribution in [0.15, 0.2) is 18.3 Å². The molecule has 0 atom stereocenters. The van der Waals surface area contributed by atoms with E-state index in [1.165, 1.54) is 5.69 Å². The molecule has 3 heteroatoms. The number of nitrogens with one attached hydrogen (secondary N) is 1. The fourth-order valence-electron chi connectivity index (χ4n) is 1.05. The van der Waals surface area contributed by atoms with Gasteiger partial charge in [-0.05, 0) is 12.5 Å². The minimum absolute atomic E-state index is 0.952. The van der Waals surface area contributed by atoms with Crippen molar-refractivity contribution in [2.45, 2.75) is 13.3 Å². The van der Waals surface area contributed by atoms with Gasteiger partial charge < -0.3 is 10.2 Å². The third kappa shape index (κ3) is 2.93. The molecule has 72 valence electrons. The summed E-state index contributed by atoms with van der Waals surface area (Å²) in [6.07, 6.45) is 2.95. The highest BCUT2D eigenvalue weighted by molar-refractivity contribution is 5.52. The van der Waals surface area contributed by atoms with Crippen molar-refractivity contribution < 1.29 is 0 Å². The normalized spacial score (nSPS) is 9.77. The molecule has 1 N–H and O–H groups in total.